The number of hydrogen-bond donors (Lipinski definition) is 0. The molecule has 4 saturated heterocycles. The van der Waals surface area contributed by atoms with Crippen LogP contribution >= 0.6 is 0 Å². The van der Waals surface area contributed by atoms with E-state index in [0.29, 0.717) is 6.61 Å². The highest BCUT2D eigenvalue weighted by atomic mass is 17.2. The number of carbonyl (C=O) groups excluding carboxylic acids is 1. The minimum Gasteiger partial charge on any atom is -0.454 e. The zero-order valence-electron chi connectivity index (χ0n) is 30.4. The van der Waals surface area contributed by atoms with Crippen LogP contribution in [-0.4, -0.2) is 86.4 Å². The number of benzene rings is 2. The molecule has 0 aliphatic carbocycles. The van der Waals surface area contributed by atoms with E-state index in [1.165, 1.54) is 0 Å². The number of esters is 1. The molecule has 9 atom stereocenters. The fraction of sp³-hybridized carbons (Fsp3) is 0.667. The lowest BCUT2D eigenvalue weighted by atomic mass is 9.97. The number of unbranched alkanes of at least 4 members (excludes halogenated alkanes) is 4. The van der Waals surface area contributed by atoms with Gasteiger partial charge in [0.1, 0.15) is 43.2 Å². The second-order valence-electron chi connectivity index (χ2n) is 14.5. The molecule has 0 spiro atoms. The van der Waals surface area contributed by atoms with E-state index in [2.05, 4.69) is 6.92 Å². The summed E-state index contributed by atoms with van der Waals surface area (Å²) in [4.78, 5) is 25.2. The molecule has 4 aliphatic heterocycles. The van der Waals surface area contributed by atoms with Gasteiger partial charge in [0, 0.05) is 12.0 Å². The minimum absolute atomic E-state index is 0.0148. The molecule has 0 radical (unpaired) electrons. The summed E-state index contributed by atoms with van der Waals surface area (Å²) >= 11 is 0. The molecular formula is C39H54O12. The maximum atomic E-state index is 13.4. The Morgan fingerprint density at radius 3 is 2.25 bits per heavy atom. The van der Waals surface area contributed by atoms with Crippen molar-refractivity contribution in [3.8, 4) is 0 Å². The van der Waals surface area contributed by atoms with Gasteiger partial charge in [-0.15, -0.1) is 0 Å². The molecule has 2 aromatic carbocycles. The predicted octanol–water partition coefficient (Wildman–Crippen LogP) is 6.30. The van der Waals surface area contributed by atoms with Gasteiger partial charge < -0.3 is 42.6 Å². The number of fused-ring (bicyclic) bond motifs is 1. The van der Waals surface area contributed by atoms with Gasteiger partial charge in [-0.05, 0) is 39.7 Å². The van der Waals surface area contributed by atoms with E-state index in [9.17, 15) is 4.79 Å². The van der Waals surface area contributed by atoms with Crippen molar-refractivity contribution in [3.63, 3.8) is 0 Å². The standard InChI is InChI=1S/C39H54O12/c1-6-7-8-9-16-21-31(40)46-35-34(41-22-26-17-12-10-13-18-26)33-28(23-42-36(47-33)27-19-14-11-15-20-27)45-37(35)51-44-25-30-32(50-39(4,5)49-30)29-24-43-38(2,3)48-29/h10-15,17-20,28-30,32-37H,6-9,16,21-25H2,1-5H3/t28-,29-,30-,32+,33-,34+,35+,36?,37+/m1/s1. The van der Waals surface area contributed by atoms with Crippen molar-refractivity contribution in [2.75, 3.05) is 19.8 Å². The van der Waals surface area contributed by atoms with Gasteiger partial charge in [-0.2, -0.15) is 0 Å². The van der Waals surface area contributed by atoms with Crippen molar-refractivity contribution in [2.24, 2.45) is 0 Å². The summed E-state index contributed by atoms with van der Waals surface area (Å²) in [6.45, 7) is 10.3. The van der Waals surface area contributed by atoms with Crippen LogP contribution in [0.5, 0.6) is 0 Å². The first-order valence-electron chi connectivity index (χ1n) is 18.4. The Hall–Kier alpha value is -2.49. The van der Waals surface area contributed by atoms with E-state index in [0.717, 1.165) is 43.2 Å². The quantitative estimate of drug-likeness (QED) is 0.0840. The molecule has 4 aliphatic rings. The average Bonchev–Trinajstić information content (AvgIpc) is 3.65. The van der Waals surface area contributed by atoms with E-state index in [4.69, 9.17) is 52.4 Å². The fourth-order valence-corrected chi connectivity index (χ4v) is 6.93. The van der Waals surface area contributed by atoms with E-state index in [1.807, 2.05) is 88.4 Å². The number of hydrogen-bond acceptors (Lipinski definition) is 12. The summed E-state index contributed by atoms with van der Waals surface area (Å²) in [6.07, 6.45) is -1.00. The number of rotatable bonds is 16. The summed E-state index contributed by atoms with van der Waals surface area (Å²) in [7, 11) is 0. The first-order chi connectivity index (χ1) is 24.6. The van der Waals surface area contributed by atoms with Crippen LogP contribution in [0.4, 0.5) is 0 Å². The topological polar surface area (TPSA) is 119 Å². The van der Waals surface area contributed by atoms with Crippen LogP contribution in [0.3, 0.4) is 0 Å². The maximum Gasteiger partial charge on any atom is 0.306 e. The molecule has 0 N–H and O–H groups in total. The Labute approximate surface area is 301 Å². The van der Waals surface area contributed by atoms with E-state index in [1.54, 1.807) is 0 Å². The van der Waals surface area contributed by atoms with Crippen molar-refractivity contribution in [3.05, 3.63) is 71.8 Å². The van der Waals surface area contributed by atoms with Gasteiger partial charge in [0.25, 0.3) is 0 Å². The Balaban J connectivity index is 1.19. The Morgan fingerprint density at radius 2 is 1.53 bits per heavy atom. The first-order valence-corrected chi connectivity index (χ1v) is 18.4. The van der Waals surface area contributed by atoms with Gasteiger partial charge in [-0.25, -0.2) is 9.78 Å². The zero-order valence-corrected chi connectivity index (χ0v) is 30.4. The number of carbonyl (C=O) groups is 1. The lowest BCUT2D eigenvalue weighted by Crippen LogP contribution is -2.64. The van der Waals surface area contributed by atoms with Crippen LogP contribution < -0.4 is 0 Å². The molecule has 0 saturated carbocycles. The smallest absolute Gasteiger partial charge is 0.306 e. The van der Waals surface area contributed by atoms with E-state index < -0.39 is 60.8 Å². The second kappa shape index (κ2) is 17.6. The van der Waals surface area contributed by atoms with Crippen molar-refractivity contribution in [1.82, 2.24) is 0 Å². The molecule has 0 bridgehead atoms. The average molecular weight is 715 g/mol. The Bertz CT molecular complexity index is 1360. The summed E-state index contributed by atoms with van der Waals surface area (Å²) in [5.41, 5.74) is 1.81. The lowest BCUT2D eigenvalue weighted by molar-refractivity contribution is -0.446. The third kappa shape index (κ3) is 10.3. The van der Waals surface area contributed by atoms with Crippen LogP contribution in [-0.2, 0) is 63.8 Å². The van der Waals surface area contributed by atoms with Gasteiger partial charge in [-0.1, -0.05) is 93.3 Å². The molecule has 282 valence electrons. The van der Waals surface area contributed by atoms with Crippen molar-refractivity contribution >= 4 is 5.97 Å². The van der Waals surface area contributed by atoms with E-state index in [-0.39, 0.29) is 38.3 Å². The normalized spacial score (nSPS) is 32.8. The van der Waals surface area contributed by atoms with Gasteiger partial charge in [0.15, 0.2) is 24.0 Å². The van der Waals surface area contributed by atoms with Crippen molar-refractivity contribution < 1.29 is 57.2 Å². The number of ether oxygens (including phenoxy) is 9. The largest absolute Gasteiger partial charge is 0.454 e. The van der Waals surface area contributed by atoms with Crippen LogP contribution in [0, 0.1) is 0 Å². The summed E-state index contributed by atoms with van der Waals surface area (Å²) in [5.74, 6) is -1.98. The molecular weight excluding hydrogens is 660 g/mol. The van der Waals surface area contributed by atoms with Crippen molar-refractivity contribution in [2.45, 2.75) is 147 Å². The lowest BCUT2D eigenvalue weighted by Gasteiger charge is -2.48. The first kappa shape index (κ1) is 38.2. The second-order valence-corrected chi connectivity index (χ2v) is 14.5. The van der Waals surface area contributed by atoms with Crippen LogP contribution in [0.25, 0.3) is 0 Å². The molecule has 2 aromatic rings. The van der Waals surface area contributed by atoms with Crippen LogP contribution in [0.15, 0.2) is 60.7 Å². The highest BCUT2D eigenvalue weighted by Crippen LogP contribution is 2.39. The fourth-order valence-electron chi connectivity index (χ4n) is 6.93. The highest BCUT2D eigenvalue weighted by Gasteiger charge is 2.54. The van der Waals surface area contributed by atoms with Gasteiger partial charge >= 0.3 is 5.97 Å². The third-order valence-corrected chi connectivity index (χ3v) is 9.41. The molecule has 6 rings (SSSR count). The molecule has 12 heteroatoms. The minimum atomic E-state index is -1.16. The third-order valence-electron chi connectivity index (χ3n) is 9.41. The summed E-state index contributed by atoms with van der Waals surface area (Å²) < 4.78 is 56.1. The van der Waals surface area contributed by atoms with Crippen LogP contribution in [0.2, 0.25) is 0 Å². The monoisotopic (exact) mass is 714 g/mol. The molecule has 51 heavy (non-hydrogen) atoms. The Kier molecular flexibility index (Phi) is 13.2. The summed E-state index contributed by atoms with van der Waals surface area (Å²) in [5, 5.41) is 0. The molecule has 4 heterocycles. The highest BCUT2D eigenvalue weighted by molar-refractivity contribution is 5.69. The van der Waals surface area contributed by atoms with Crippen LogP contribution in [0.1, 0.15) is 90.6 Å². The molecule has 0 aromatic heterocycles. The molecule has 12 nitrogen and oxygen atoms in total. The summed E-state index contributed by atoms with van der Waals surface area (Å²) in [6, 6.07) is 19.5. The zero-order chi connectivity index (χ0) is 35.8. The van der Waals surface area contributed by atoms with Gasteiger partial charge in [0.2, 0.25) is 6.29 Å². The van der Waals surface area contributed by atoms with Gasteiger partial charge in [0.05, 0.1) is 19.8 Å². The predicted molar refractivity (Wildman–Crippen MR) is 183 cm³/mol. The Morgan fingerprint density at radius 1 is 0.784 bits per heavy atom. The van der Waals surface area contributed by atoms with Crippen molar-refractivity contribution in [1.29, 1.82) is 0 Å². The molecule has 4 fully saturated rings. The van der Waals surface area contributed by atoms with E-state index >= 15 is 0 Å². The molecule has 0 amide bonds. The SMILES string of the molecule is CCCCCCCC(=O)O[C@@H]1[C@H](OOC[C@H]2OC(C)(C)O[C@H]2[C@H]2COC(C)(C)O2)O[C@@H]2COC(c3ccccc3)O[C@H]2[C@@H]1OCc1ccccc1. The molecule has 1 unspecified atom stereocenters. The maximum absolute atomic E-state index is 13.4. The van der Waals surface area contributed by atoms with Gasteiger partial charge in [-0.3, -0.25) is 4.79 Å².